The maximum Gasteiger partial charge on any atom is 0.272 e. The molecule has 0 spiro atoms. The van der Waals surface area contributed by atoms with Gasteiger partial charge < -0.3 is 14.5 Å². The van der Waals surface area contributed by atoms with Gasteiger partial charge in [-0.15, -0.1) is 0 Å². The molecule has 1 fully saturated rings. The van der Waals surface area contributed by atoms with Crippen LogP contribution in [0.5, 0.6) is 5.75 Å². The van der Waals surface area contributed by atoms with Crippen molar-refractivity contribution in [1.29, 1.82) is 0 Å². The third-order valence-electron chi connectivity index (χ3n) is 5.57. The molecule has 2 aliphatic heterocycles. The average molecular weight is 380 g/mol. The number of fused-ring (bicyclic) bond motifs is 1. The molecule has 28 heavy (non-hydrogen) atoms. The monoisotopic (exact) mass is 379 g/mol. The fraction of sp³-hybridized carbons (Fsp3) is 0.478. The summed E-state index contributed by atoms with van der Waals surface area (Å²) in [5, 5.41) is 1.00. The lowest BCUT2D eigenvalue weighted by molar-refractivity contribution is 0.0765. The summed E-state index contributed by atoms with van der Waals surface area (Å²) in [5.41, 5.74) is 1.27. The Balaban J connectivity index is 1.42. The predicted octanol–water partition coefficient (Wildman–Crippen LogP) is 3.89. The van der Waals surface area contributed by atoms with Crippen LogP contribution in [-0.2, 0) is 0 Å². The zero-order valence-corrected chi connectivity index (χ0v) is 16.5. The summed E-state index contributed by atoms with van der Waals surface area (Å²) >= 11 is 0. The number of likely N-dealkylation sites (tertiary alicyclic amines) is 1. The smallest absolute Gasteiger partial charge is 0.272 e. The van der Waals surface area contributed by atoms with Gasteiger partial charge in [0.15, 0.2) is 0 Å². The third kappa shape index (κ3) is 4.53. The normalized spacial score (nSPS) is 17.8. The molecule has 0 unspecified atom stereocenters. The largest absolute Gasteiger partial charge is 0.491 e. The maximum absolute atomic E-state index is 12.8. The van der Waals surface area contributed by atoms with E-state index in [4.69, 9.17) is 4.74 Å². The minimum absolute atomic E-state index is 0.00819. The number of rotatable bonds is 6. The standard InChI is InChI=1S/C23H29N3O2/c27-23(26-16-5-2-6-17-26)20-12-11-19-9-7-10-21(22(19)24-20)28-18-8-15-25-13-3-1-4-14-25/h2,5,7,9-12H,1,3-4,6,8,13-18H2. The Kier molecular flexibility index (Phi) is 6.22. The molecular weight excluding hydrogens is 350 g/mol. The van der Waals surface area contributed by atoms with Crippen LogP contribution in [0.3, 0.4) is 0 Å². The van der Waals surface area contributed by atoms with E-state index in [-0.39, 0.29) is 5.91 Å². The van der Waals surface area contributed by atoms with Crippen molar-refractivity contribution in [3.63, 3.8) is 0 Å². The fourth-order valence-electron chi connectivity index (χ4n) is 4.00. The molecule has 0 atom stereocenters. The van der Waals surface area contributed by atoms with Gasteiger partial charge in [0.2, 0.25) is 0 Å². The molecule has 1 amide bonds. The van der Waals surface area contributed by atoms with Gasteiger partial charge in [0.25, 0.3) is 5.91 Å². The zero-order chi connectivity index (χ0) is 19.2. The van der Waals surface area contributed by atoms with E-state index in [0.717, 1.165) is 42.6 Å². The highest BCUT2D eigenvalue weighted by Crippen LogP contribution is 2.25. The Morgan fingerprint density at radius 2 is 1.93 bits per heavy atom. The first kappa shape index (κ1) is 18.9. The van der Waals surface area contributed by atoms with Gasteiger partial charge in [-0.1, -0.05) is 36.8 Å². The summed E-state index contributed by atoms with van der Waals surface area (Å²) in [5.74, 6) is 0.760. The number of nitrogens with zero attached hydrogens (tertiary/aromatic N) is 3. The Morgan fingerprint density at radius 3 is 2.75 bits per heavy atom. The first-order valence-corrected chi connectivity index (χ1v) is 10.5. The number of amides is 1. The van der Waals surface area contributed by atoms with Crippen molar-refractivity contribution in [3.8, 4) is 5.75 Å². The Labute approximate surface area is 167 Å². The molecule has 1 aromatic heterocycles. The molecule has 2 aromatic rings. The van der Waals surface area contributed by atoms with Gasteiger partial charge in [-0.3, -0.25) is 4.79 Å². The summed E-state index contributed by atoms with van der Waals surface area (Å²) in [6.07, 6.45) is 10.1. The zero-order valence-electron chi connectivity index (χ0n) is 16.5. The Hall–Kier alpha value is -2.40. The Morgan fingerprint density at radius 1 is 1.04 bits per heavy atom. The van der Waals surface area contributed by atoms with Crippen LogP contribution in [0.25, 0.3) is 10.9 Å². The third-order valence-corrected chi connectivity index (χ3v) is 5.57. The lowest BCUT2D eigenvalue weighted by Gasteiger charge is -2.26. The Bertz CT molecular complexity index is 843. The second kappa shape index (κ2) is 9.20. The number of hydrogen-bond acceptors (Lipinski definition) is 4. The van der Waals surface area contributed by atoms with Crippen LogP contribution in [0.4, 0.5) is 0 Å². The highest BCUT2D eigenvalue weighted by atomic mass is 16.5. The van der Waals surface area contributed by atoms with Crippen molar-refractivity contribution in [2.24, 2.45) is 0 Å². The second-order valence-corrected chi connectivity index (χ2v) is 7.64. The van der Waals surface area contributed by atoms with Crippen molar-refractivity contribution in [1.82, 2.24) is 14.8 Å². The first-order valence-electron chi connectivity index (χ1n) is 10.5. The van der Waals surface area contributed by atoms with E-state index in [9.17, 15) is 4.79 Å². The highest BCUT2D eigenvalue weighted by Gasteiger charge is 2.18. The number of piperidine rings is 1. The lowest BCUT2D eigenvalue weighted by Crippen LogP contribution is -2.34. The van der Waals surface area contributed by atoms with Crippen molar-refractivity contribution in [2.45, 2.75) is 32.1 Å². The van der Waals surface area contributed by atoms with E-state index in [2.05, 4.69) is 16.0 Å². The SMILES string of the molecule is O=C(c1ccc2cccc(OCCCN3CCCCC3)c2n1)N1CC=CCC1. The molecule has 0 N–H and O–H groups in total. The first-order chi connectivity index (χ1) is 13.8. The maximum atomic E-state index is 12.8. The minimum atomic E-state index is -0.00819. The van der Waals surface area contributed by atoms with E-state index in [1.807, 2.05) is 41.3 Å². The van der Waals surface area contributed by atoms with Crippen LogP contribution in [0.1, 0.15) is 42.6 Å². The molecule has 5 nitrogen and oxygen atoms in total. The number of pyridine rings is 1. The van der Waals surface area contributed by atoms with Crippen LogP contribution in [0.15, 0.2) is 42.5 Å². The second-order valence-electron chi connectivity index (χ2n) is 7.64. The van der Waals surface area contributed by atoms with Gasteiger partial charge in [0.05, 0.1) is 6.61 Å². The quantitative estimate of drug-likeness (QED) is 0.564. The summed E-state index contributed by atoms with van der Waals surface area (Å²) < 4.78 is 6.07. The van der Waals surface area contributed by atoms with E-state index in [1.165, 1.54) is 32.4 Å². The highest BCUT2D eigenvalue weighted by molar-refractivity contribution is 5.96. The number of benzene rings is 1. The van der Waals surface area contributed by atoms with Crippen LogP contribution in [0.2, 0.25) is 0 Å². The average Bonchev–Trinajstić information content (AvgIpc) is 2.77. The number of ether oxygens (including phenoxy) is 1. The molecule has 0 radical (unpaired) electrons. The predicted molar refractivity (Wildman–Crippen MR) is 112 cm³/mol. The van der Waals surface area contributed by atoms with Crippen LogP contribution in [-0.4, -0.2) is 60.0 Å². The van der Waals surface area contributed by atoms with Crippen LogP contribution >= 0.6 is 0 Å². The van der Waals surface area contributed by atoms with E-state index < -0.39 is 0 Å². The molecule has 0 aliphatic carbocycles. The van der Waals surface area contributed by atoms with Crippen molar-refractivity contribution in [3.05, 3.63) is 48.2 Å². The van der Waals surface area contributed by atoms with Crippen LogP contribution < -0.4 is 4.74 Å². The van der Waals surface area contributed by atoms with Crippen molar-refractivity contribution in [2.75, 3.05) is 39.3 Å². The van der Waals surface area contributed by atoms with Gasteiger partial charge in [-0.05, 0) is 50.9 Å². The van der Waals surface area contributed by atoms with Crippen molar-refractivity contribution < 1.29 is 9.53 Å². The van der Waals surface area contributed by atoms with Crippen LogP contribution in [0, 0.1) is 0 Å². The molecule has 4 rings (SSSR count). The number of aromatic nitrogens is 1. The number of carbonyl (C=O) groups is 1. The molecule has 148 valence electrons. The molecule has 3 heterocycles. The molecule has 0 saturated carbocycles. The van der Waals surface area contributed by atoms with Crippen molar-refractivity contribution >= 4 is 16.8 Å². The van der Waals surface area contributed by atoms with Gasteiger partial charge in [-0.25, -0.2) is 4.98 Å². The molecule has 1 saturated heterocycles. The topological polar surface area (TPSA) is 45.7 Å². The lowest BCUT2D eigenvalue weighted by atomic mass is 10.1. The summed E-state index contributed by atoms with van der Waals surface area (Å²) in [4.78, 5) is 21.8. The number of carbonyl (C=O) groups excluding carboxylic acids is 1. The number of para-hydroxylation sites is 1. The van der Waals surface area contributed by atoms with Gasteiger partial charge in [0.1, 0.15) is 17.0 Å². The molecule has 1 aromatic carbocycles. The van der Waals surface area contributed by atoms with E-state index in [0.29, 0.717) is 18.8 Å². The molecule has 2 aliphatic rings. The van der Waals surface area contributed by atoms with E-state index >= 15 is 0 Å². The molecular formula is C23H29N3O2. The summed E-state index contributed by atoms with van der Waals surface area (Å²) in [6, 6.07) is 9.74. The molecule has 5 heteroatoms. The minimum Gasteiger partial charge on any atom is -0.491 e. The molecule has 0 bridgehead atoms. The fourth-order valence-corrected chi connectivity index (χ4v) is 4.00. The van der Waals surface area contributed by atoms with Gasteiger partial charge in [-0.2, -0.15) is 0 Å². The number of hydrogen-bond donors (Lipinski definition) is 0. The van der Waals surface area contributed by atoms with Gasteiger partial charge in [0, 0.05) is 25.0 Å². The summed E-state index contributed by atoms with van der Waals surface area (Å²) in [7, 11) is 0. The summed E-state index contributed by atoms with van der Waals surface area (Å²) in [6.45, 7) is 5.60. The van der Waals surface area contributed by atoms with E-state index in [1.54, 1.807) is 0 Å². The van der Waals surface area contributed by atoms with Gasteiger partial charge >= 0.3 is 0 Å².